The predicted octanol–water partition coefficient (Wildman–Crippen LogP) is 3.35. The van der Waals surface area contributed by atoms with E-state index in [1.807, 2.05) is 19.9 Å². The van der Waals surface area contributed by atoms with Gasteiger partial charge in [0.15, 0.2) is 0 Å². The highest BCUT2D eigenvalue weighted by Crippen LogP contribution is 2.36. The van der Waals surface area contributed by atoms with Gasteiger partial charge in [-0.15, -0.1) is 0 Å². The van der Waals surface area contributed by atoms with Gasteiger partial charge in [0.25, 0.3) is 5.91 Å². The van der Waals surface area contributed by atoms with E-state index >= 15 is 0 Å². The zero-order valence-corrected chi connectivity index (χ0v) is 22.3. The van der Waals surface area contributed by atoms with Crippen molar-refractivity contribution in [2.45, 2.75) is 76.9 Å². The molecule has 0 spiro atoms. The van der Waals surface area contributed by atoms with Crippen molar-refractivity contribution in [2.24, 2.45) is 11.8 Å². The second-order valence-electron chi connectivity index (χ2n) is 10.4. The van der Waals surface area contributed by atoms with Crippen LogP contribution in [-0.2, 0) is 32.1 Å². The predicted molar refractivity (Wildman–Crippen MR) is 141 cm³/mol. The average Bonchev–Trinajstić information content (AvgIpc) is 2.91. The molecule has 0 unspecified atom stereocenters. The molecule has 1 saturated carbocycles. The maximum absolute atomic E-state index is 13.6. The molecule has 1 aliphatic carbocycles. The van der Waals surface area contributed by atoms with Crippen molar-refractivity contribution < 1.29 is 28.0 Å². The molecule has 39 heavy (non-hydrogen) atoms. The number of nitrogens with zero attached hydrogens (tertiary/aromatic N) is 1. The zero-order chi connectivity index (χ0) is 28.4. The molecule has 3 rings (SSSR count). The highest BCUT2D eigenvalue weighted by molar-refractivity contribution is 6.38. The quantitative estimate of drug-likeness (QED) is 0.356. The second-order valence-corrected chi connectivity index (χ2v) is 10.4. The fraction of sp³-hybridized carbons (Fsp3) is 0.483. The highest BCUT2D eigenvalue weighted by atomic mass is 19.3. The molecule has 1 aromatic carbocycles. The third-order valence-electron chi connectivity index (χ3n) is 6.72. The number of carbonyl (C=O) groups excluding carboxylic acids is 4. The van der Waals surface area contributed by atoms with E-state index < -0.39 is 47.4 Å². The molecule has 1 heterocycles. The molecule has 0 bridgehead atoms. The number of hydrogen-bond acceptors (Lipinski definition) is 5. The van der Waals surface area contributed by atoms with Gasteiger partial charge in [-0.1, -0.05) is 50.2 Å². The Morgan fingerprint density at radius 1 is 0.949 bits per heavy atom. The lowest BCUT2D eigenvalue weighted by Crippen LogP contribution is -2.55. The van der Waals surface area contributed by atoms with E-state index in [0.717, 1.165) is 5.56 Å². The van der Waals surface area contributed by atoms with Crippen molar-refractivity contribution >= 4 is 23.5 Å². The summed E-state index contributed by atoms with van der Waals surface area (Å²) in [5.41, 5.74) is 1.31. The van der Waals surface area contributed by atoms with Crippen LogP contribution < -0.4 is 16.0 Å². The van der Waals surface area contributed by atoms with Crippen molar-refractivity contribution in [2.75, 3.05) is 0 Å². The lowest BCUT2D eigenvalue weighted by Gasteiger charge is -2.29. The van der Waals surface area contributed by atoms with E-state index in [4.69, 9.17) is 0 Å². The molecule has 2 atom stereocenters. The van der Waals surface area contributed by atoms with Gasteiger partial charge in [-0.05, 0) is 42.9 Å². The Kier molecular flexibility index (Phi) is 10.7. The first-order valence-electron chi connectivity index (χ1n) is 13.3. The third-order valence-corrected chi connectivity index (χ3v) is 6.72. The largest absolute Gasteiger partial charge is 0.344 e. The summed E-state index contributed by atoms with van der Waals surface area (Å²) in [6.07, 6.45) is 1.27. The van der Waals surface area contributed by atoms with Gasteiger partial charge in [0.05, 0.1) is 12.2 Å². The van der Waals surface area contributed by atoms with Crippen LogP contribution in [0.2, 0.25) is 0 Å². The molecule has 1 aromatic heterocycles. The van der Waals surface area contributed by atoms with Gasteiger partial charge in [-0.25, -0.2) is 8.78 Å². The van der Waals surface area contributed by atoms with Crippen LogP contribution in [0.5, 0.6) is 0 Å². The molecule has 10 heteroatoms. The Hall–Kier alpha value is -3.69. The molecule has 210 valence electrons. The van der Waals surface area contributed by atoms with Crippen molar-refractivity contribution in [3.8, 4) is 0 Å². The second kappa shape index (κ2) is 13.9. The molecule has 0 radical (unpaired) electrons. The van der Waals surface area contributed by atoms with E-state index in [2.05, 4.69) is 20.9 Å². The van der Waals surface area contributed by atoms with Crippen LogP contribution in [-0.4, -0.2) is 46.5 Å². The third kappa shape index (κ3) is 9.53. The molecule has 0 aliphatic heterocycles. The molecule has 1 fully saturated rings. The summed E-state index contributed by atoms with van der Waals surface area (Å²) in [5, 5.41) is 7.93. The summed E-state index contributed by atoms with van der Waals surface area (Å²) in [4.78, 5) is 56.3. The summed E-state index contributed by atoms with van der Waals surface area (Å²) >= 11 is 0. The van der Waals surface area contributed by atoms with Crippen LogP contribution in [0.4, 0.5) is 8.78 Å². The minimum atomic E-state index is -2.77. The van der Waals surface area contributed by atoms with Crippen LogP contribution in [0.3, 0.4) is 0 Å². The fourth-order valence-electron chi connectivity index (χ4n) is 4.55. The van der Waals surface area contributed by atoms with E-state index in [1.54, 1.807) is 48.7 Å². The number of rotatable bonds is 12. The topological polar surface area (TPSA) is 117 Å². The average molecular weight is 543 g/mol. The van der Waals surface area contributed by atoms with Gasteiger partial charge in [-0.3, -0.25) is 24.2 Å². The first kappa shape index (κ1) is 29.9. The van der Waals surface area contributed by atoms with Crippen molar-refractivity contribution in [1.82, 2.24) is 20.9 Å². The van der Waals surface area contributed by atoms with E-state index in [0.29, 0.717) is 5.69 Å². The summed E-state index contributed by atoms with van der Waals surface area (Å²) in [6, 6.07) is 12.0. The Morgan fingerprint density at radius 3 is 2.23 bits per heavy atom. The van der Waals surface area contributed by atoms with Gasteiger partial charge in [0.1, 0.15) is 12.1 Å². The van der Waals surface area contributed by atoms with E-state index in [-0.39, 0.29) is 51.0 Å². The van der Waals surface area contributed by atoms with Crippen molar-refractivity contribution in [3.05, 3.63) is 66.0 Å². The molecule has 3 N–H and O–H groups in total. The van der Waals surface area contributed by atoms with Gasteiger partial charge < -0.3 is 16.0 Å². The monoisotopic (exact) mass is 542 g/mol. The lowest BCUT2D eigenvalue weighted by atomic mass is 9.86. The number of carbonyl (C=O) groups is 4. The number of Topliss-reactive ketones (excluding diaryl/α,β-unsaturated/α-hetero) is 1. The van der Waals surface area contributed by atoms with Gasteiger partial charge in [0, 0.05) is 31.4 Å². The van der Waals surface area contributed by atoms with Crippen LogP contribution in [0, 0.1) is 11.8 Å². The number of benzene rings is 1. The van der Waals surface area contributed by atoms with Crippen LogP contribution in [0.15, 0.2) is 54.7 Å². The number of halogens is 2. The Bertz CT molecular complexity index is 1120. The lowest BCUT2D eigenvalue weighted by molar-refractivity contribution is -0.140. The number of pyridine rings is 1. The van der Waals surface area contributed by atoms with E-state index in [1.165, 1.54) is 0 Å². The van der Waals surface area contributed by atoms with Gasteiger partial charge in [0.2, 0.25) is 23.5 Å². The van der Waals surface area contributed by atoms with Crippen LogP contribution in [0.1, 0.15) is 57.2 Å². The van der Waals surface area contributed by atoms with Crippen LogP contribution in [0.25, 0.3) is 0 Å². The standard InChI is InChI=1S/C29H36F2N4O4/c1-19(2)16-24(35-26(37)21-11-13-29(30,31)14-12-21)27(38)34-23(17-20-8-4-3-5-9-20)25(36)28(39)33-18-22-10-6-7-15-32-22/h3-10,15,19,21,23-24H,11-14,16-18H2,1-2H3,(H,33,39)(H,34,38)(H,35,37)/t23-,24-/m1/s1. The first-order valence-corrected chi connectivity index (χ1v) is 13.3. The molecule has 8 nitrogen and oxygen atoms in total. The van der Waals surface area contributed by atoms with Crippen molar-refractivity contribution in [1.29, 1.82) is 0 Å². The van der Waals surface area contributed by atoms with E-state index in [9.17, 15) is 28.0 Å². The SMILES string of the molecule is CC(C)C[C@@H](NC(=O)C1CCC(F)(F)CC1)C(=O)N[C@H](Cc1ccccc1)C(=O)C(=O)NCc1ccccn1. The Morgan fingerprint density at radius 2 is 1.62 bits per heavy atom. The number of amides is 3. The maximum Gasteiger partial charge on any atom is 0.289 e. The molecule has 2 aromatic rings. The molecular weight excluding hydrogens is 506 g/mol. The number of hydrogen-bond donors (Lipinski definition) is 3. The number of alkyl halides is 2. The Labute approximate surface area is 227 Å². The summed E-state index contributed by atoms with van der Waals surface area (Å²) in [5.74, 6) is -6.11. The minimum absolute atomic E-state index is 0.0154. The first-order chi connectivity index (χ1) is 18.5. The smallest absolute Gasteiger partial charge is 0.289 e. The normalized spacial score (nSPS) is 16.6. The fourth-order valence-corrected chi connectivity index (χ4v) is 4.55. The number of ketones is 1. The van der Waals surface area contributed by atoms with Crippen LogP contribution >= 0.6 is 0 Å². The number of aromatic nitrogens is 1. The molecule has 1 aliphatic rings. The molecule has 0 saturated heterocycles. The number of nitrogens with one attached hydrogen (secondary N) is 3. The minimum Gasteiger partial charge on any atom is -0.344 e. The summed E-state index contributed by atoms with van der Waals surface area (Å²) in [7, 11) is 0. The molecular formula is C29H36F2N4O4. The highest BCUT2D eigenvalue weighted by Gasteiger charge is 2.38. The van der Waals surface area contributed by atoms with Gasteiger partial charge in [-0.2, -0.15) is 0 Å². The maximum atomic E-state index is 13.6. The molecule has 3 amide bonds. The van der Waals surface area contributed by atoms with Crippen molar-refractivity contribution in [3.63, 3.8) is 0 Å². The Balaban J connectivity index is 1.71. The van der Waals surface area contributed by atoms with Gasteiger partial charge >= 0.3 is 0 Å². The summed E-state index contributed by atoms with van der Waals surface area (Å²) < 4.78 is 27.1. The zero-order valence-electron chi connectivity index (χ0n) is 22.3. The summed E-state index contributed by atoms with van der Waals surface area (Å²) in [6.45, 7) is 3.81.